The van der Waals surface area contributed by atoms with E-state index in [1.165, 1.54) is 31.5 Å². The lowest BCUT2D eigenvalue weighted by Gasteiger charge is -2.24. The number of hydroxylamine groups is 1. The maximum absolute atomic E-state index is 11.5. The van der Waals surface area contributed by atoms with E-state index in [0.29, 0.717) is 19.1 Å². The monoisotopic (exact) mass is 362 g/mol. The number of hydrogen-bond donors (Lipinski definition) is 1. The summed E-state index contributed by atoms with van der Waals surface area (Å²) in [6.45, 7) is 6.83. The van der Waals surface area contributed by atoms with E-state index in [0.717, 1.165) is 12.2 Å². The quantitative estimate of drug-likeness (QED) is 0.539. The van der Waals surface area contributed by atoms with Gasteiger partial charge in [0.05, 0.1) is 6.61 Å². The first-order valence-corrected chi connectivity index (χ1v) is 9.55. The number of carbonyl (C=O) groups excluding carboxylic acids is 2. The predicted molar refractivity (Wildman–Crippen MR) is 99.5 cm³/mol. The minimum absolute atomic E-state index is 0.263. The number of rotatable bonds is 9. The largest absolute Gasteiger partial charge is 0.494 e. The third kappa shape index (κ3) is 6.67. The van der Waals surface area contributed by atoms with Crippen LogP contribution in [-0.4, -0.2) is 36.5 Å². The number of carbonyl (C=O) groups is 2. The zero-order chi connectivity index (χ0) is 18.8. The molecule has 0 spiro atoms. The molecule has 1 unspecified atom stereocenters. The zero-order valence-electron chi connectivity index (χ0n) is 15.8. The summed E-state index contributed by atoms with van der Waals surface area (Å²) in [4.78, 5) is 29.6. The molecule has 1 aromatic rings. The second-order valence-corrected chi connectivity index (χ2v) is 6.65. The summed E-state index contributed by atoms with van der Waals surface area (Å²) < 4.78 is 5.82. The fraction of sp³-hybridized carbons (Fsp3) is 0.600. The number of hydrogen-bond acceptors (Lipinski definition) is 5. The summed E-state index contributed by atoms with van der Waals surface area (Å²) in [5.74, 6) is 0.143. The summed E-state index contributed by atoms with van der Waals surface area (Å²) in [5, 5.41) is 0. The standard InChI is InChI=1S/C20H30N2O4/c1-3-19(23)21-26-20(24)11-4-7-14-25-18-10-8-9-17(15-18)16(2)22-12-5-6-13-22/h8-10,15-16H,3-7,11-14H2,1-2H3,(H,21,23). The molecular formula is C20H30N2O4. The van der Waals surface area contributed by atoms with Gasteiger partial charge in [-0.1, -0.05) is 19.1 Å². The van der Waals surface area contributed by atoms with Gasteiger partial charge in [0.15, 0.2) is 0 Å². The Morgan fingerprint density at radius 3 is 2.73 bits per heavy atom. The summed E-state index contributed by atoms with van der Waals surface area (Å²) in [5.41, 5.74) is 3.39. The van der Waals surface area contributed by atoms with Gasteiger partial charge in [-0.05, 0) is 63.4 Å². The van der Waals surface area contributed by atoms with Gasteiger partial charge in [-0.3, -0.25) is 9.69 Å². The Balaban J connectivity index is 1.65. The zero-order valence-corrected chi connectivity index (χ0v) is 15.8. The maximum atomic E-state index is 11.5. The van der Waals surface area contributed by atoms with E-state index in [1.54, 1.807) is 6.92 Å². The Bertz CT molecular complexity index is 585. The van der Waals surface area contributed by atoms with Crippen molar-refractivity contribution in [1.29, 1.82) is 0 Å². The highest BCUT2D eigenvalue weighted by Gasteiger charge is 2.19. The number of ether oxygens (including phenoxy) is 1. The SMILES string of the molecule is CCC(=O)NOC(=O)CCCCOc1cccc(C(C)N2CCCC2)c1. The molecule has 144 valence electrons. The molecule has 1 amide bonds. The van der Waals surface area contributed by atoms with Crippen molar-refractivity contribution in [3.05, 3.63) is 29.8 Å². The lowest BCUT2D eigenvalue weighted by Crippen LogP contribution is -2.26. The number of nitrogens with one attached hydrogen (secondary N) is 1. The number of nitrogens with zero attached hydrogens (tertiary/aromatic N) is 1. The van der Waals surface area contributed by atoms with Gasteiger partial charge in [-0.25, -0.2) is 4.79 Å². The normalized spacial score (nSPS) is 15.5. The van der Waals surface area contributed by atoms with E-state index >= 15 is 0 Å². The highest BCUT2D eigenvalue weighted by Crippen LogP contribution is 2.27. The summed E-state index contributed by atoms with van der Waals surface area (Å²) >= 11 is 0. The summed E-state index contributed by atoms with van der Waals surface area (Å²) in [7, 11) is 0. The van der Waals surface area contributed by atoms with Crippen LogP contribution in [0.2, 0.25) is 0 Å². The van der Waals surface area contributed by atoms with Gasteiger partial charge in [-0.2, -0.15) is 5.48 Å². The number of amides is 1. The van der Waals surface area contributed by atoms with Crippen molar-refractivity contribution in [3.8, 4) is 5.75 Å². The average Bonchev–Trinajstić information content (AvgIpc) is 3.20. The lowest BCUT2D eigenvalue weighted by molar-refractivity contribution is -0.158. The molecule has 0 aliphatic carbocycles. The molecule has 1 heterocycles. The first-order chi connectivity index (χ1) is 12.6. The van der Waals surface area contributed by atoms with E-state index < -0.39 is 5.97 Å². The van der Waals surface area contributed by atoms with Gasteiger partial charge < -0.3 is 9.57 Å². The van der Waals surface area contributed by atoms with Gasteiger partial charge in [-0.15, -0.1) is 0 Å². The van der Waals surface area contributed by atoms with Crippen LogP contribution in [0.3, 0.4) is 0 Å². The molecule has 0 saturated carbocycles. The van der Waals surface area contributed by atoms with Crippen LogP contribution in [0.1, 0.15) is 64.0 Å². The Morgan fingerprint density at radius 2 is 2.00 bits per heavy atom. The van der Waals surface area contributed by atoms with Crippen LogP contribution in [0.15, 0.2) is 24.3 Å². The Morgan fingerprint density at radius 1 is 1.23 bits per heavy atom. The summed E-state index contributed by atoms with van der Waals surface area (Å²) in [6, 6.07) is 8.67. The van der Waals surface area contributed by atoms with Crippen molar-refractivity contribution in [3.63, 3.8) is 0 Å². The Kier molecular flexibility index (Phi) is 8.41. The third-order valence-corrected chi connectivity index (χ3v) is 4.67. The van der Waals surface area contributed by atoms with E-state index in [9.17, 15) is 9.59 Å². The smallest absolute Gasteiger partial charge is 0.332 e. The van der Waals surface area contributed by atoms with Gasteiger partial charge >= 0.3 is 5.97 Å². The Hall–Kier alpha value is -2.08. The fourth-order valence-corrected chi connectivity index (χ4v) is 3.00. The fourth-order valence-electron chi connectivity index (χ4n) is 3.00. The molecule has 1 aliphatic rings. The number of likely N-dealkylation sites (tertiary alicyclic amines) is 1. The van der Waals surface area contributed by atoms with Gasteiger partial charge in [0, 0.05) is 18.9 Å². The predicted octanol–water partition coefficient (Wildman–Crippen LogP) is 3.38. The van der Waals surface area contributed by atoms with Crippen LogP contribution in [0, 0.1) is 0 Å². The van der Waals surface area contributed by atoms with Gasteiger partial charge in [0.25, 0.3) is 5.91 Å². The molecule has 0 bridgehead atoms. The van der Waals surface area contributed by atoms with E-state index in [-0.39, 0.29) is 18.7 Å². The van der Waals surface area contributed by atoms with Crippen molar-refractivity contribution in [1.82, 2.24) is 10.4 Å². The van der Waals surface area contributed by atoms with Crippen LogP contribution < -0.4 is 10.2 Å². The minimum atomic E-state index is -0.423. The second kappa shape index (κ2) is 10.8. The topological polar surface area (TPSA) is 67.9 Å². The highest BCUT2D eigenvalue weighted by molar-refractivity contribution is 5.77. The molecule has 6 heteroatoms. The summed E-state index contributed by atoms with van der Waals surface area (Å²) in [6.07, 6.45) is 4.53. The van der Waals surface area contributed by atoms with Crippen LogP contribution in [0.25, 0.3) is 0 Å². The van der Waals surface area contributed by atoms with E-state index in [1.807, 2.05) is 12.1 Å². The van der Waals surface area contributed by atoms with Crippen LogP contribution >= 0.6 is 0 Å². The van der Waals surface area contributed by atoms with Crippen molar-refractivity contribution in [2.75, 3.05) is 19.7 Å². The van der Waals surface area contributed by atoms with E-state index in [2.05, 4.69) is 34.3 Å². The maximum Gasteiger partial charge on any atom is 0.332 e. The molecule has 1 N–H and O–H groups in total. The van der Waals surface area contributed by atoms with Gasteiger partial charge in [0.1, 0.15) is 5.75 Å². The third-order valence-electron chi connectivity index (χ3n) is 4.67. The molecular weight excluding hydrogens is 332 g/mol. The second-order valence-electron chi connectivity index (χ2n) is 6.65. The van der Waals surface area contributed by atoms with E-state index in [4.69, 9.17) is 4.74 Å². The molecule has 1 aromatic carbocycles. The Labute approximate surface area is 155 Å². The van der Waals surface area contributed by atoms with Crippen molar-refractivity contribution >= 4 is 11.9 Å². The first-order valence-electron chi connectivity index (χ1n) is 9.55. The molecule has 26 heavy (non-hydrogen) atoms. The lowest BCUT2D eigenvalue weighted by atomic mass is 10.1. The number of benzene rings is 1. The molecule has 1 fully saturated rings. The van der Waals surface area contributed by atoms with Crippen molar-refractivity contribution < 1.29 is 19.2 Å². The highest BCUT2D eigenvalue weighted by atomic mass is 16.7. The molecule has 1 atom stereocenters. The molecule has 6 nitrogen and oxygen atoms in total. The van der Waals surface area contributed by atoms with Crippen LogP contribution in [0.5, 0.6) is 5.75 Å². The van der Waals surface area contributed by atoms with Crippen molar-refractivity contribution in [2.45, 2.75) is 58.4 Å². The van der Waals surface area contributed by atoms with Crippen LogP contribution in [0.4, 0.5) is 0 Å². The molecule has 2 rings (SSSR count). The first kappa shape index (κ1) is 20.2. The molecule has 0 aromatic heterocycles. The minimum Gasteiger partial charge on any atom is -0.494 e. The van der Waals surface area contributed by atoms with Crippen molar-refractivity contribution in [2.24, 2.45) is 0 Å². The number of unbranched alkanes of at least 4 members (excludes halogenated alkanes) is 1. The van der Waals surface area contributed by atoms with Crippen LogP contribution in [-0.2, 0) is 14.4 Å². The molecule has 0 radical (unpaired) electrons. The molecule has 1 saturated heterocycles. The molecule has 1 aliphatic heterocycles. The average molecular weight is 362 g/mol. The van der Waals surface area contributed by atoms with Gasteiger partial charge in [0.2, 0.25) is 0 Å².